The average molecular weight is 357 g/mol. The molecule has 1 N–H and O–H groups in total. The van der Waals surface area contributed by atoms with Crippen molar-refractivity contribution in [2.75, 3.05) is 26.0 Å². The molecule has 0 heterocycles. The molecule has 136 valence electrons. The second kappa shape index (κ2) is 8.61. The monoisotopic (exact) mass is 357 g/mol. The molecule has 8 heteroatoms. The van der Waals surface area contributed by atoms with Crippen LogP contribution in [0, 0.1) is 10.1 Å². The quantitative estimate of drug-likeness (QED) is 0.464. The Bertz CT molecular complexity index is 806. The molecule has 8 nitrogen and oxygen atoms in total. The normalized spacial score (nSPS) is 10.1. The molecule has 1 amide bonds. The first-order valence-electron chi connectivity index (χ1n) is 7.82. The topological polar surface area (TPSA) is 102 Å². The molecule has 0 saturated carbocycles. The van der Waals surface area contributed by atoms with Crippen LogP contribution in [0.4, 0.5) is 11.4 Å². The fourth-order valence-corrected chi connectivity index (χ4v) is 2.10. The third-order valence-electron chi connectivity index (χ3n) is 3.59. The summed E-state index contributed by atoms with van der Waals surface area (Å²) in [5.41, 5.74) is 1.14. The second-order valence-corrected chi connectivity index (χ2v) is 5.69. The van der Waals surface area contributed by atoms with Gasteiger partial charge in [-0.15, -0.1) is 0 Å². The number of nitro groups is 1. The van der Waals surface area contributed by atoms with Crippen molar-refractivity contribution in [2.45, 2.75) is 6.54 Å². The Balaban J connectivity index is 2.19. The highest BCUT2D eigenvalue weighted by Gasteiger charge is 2.19. The van der Waals surface area contributed by atoms with Gasteiger partial charge >= 0.3 is 5.97 Å². The highest BCUT2D eigenvalue weighted by Crippen LogP contribution is 2.23. The van der Waals surface area contributed by atoms with E-state index < -0.39 is 17.5 Å². The van der Waals surface area contributed by atoms with E-state index in [4.69, 9.17) is 4.74 Å². The van der Waals surface area contributed by atoms with Crippen LogP contribution in [0.3, 0.4) is 0 Å². The maximum Gasteiger partial charge on any atom is 0.341 e. The van der Waals surface area contributed by atoms with Gasteiger partial charge in [-0.2, -0.15) is 0 Å². The molecule has 0 bridgehead atoms. The van der Waals surface area contributed by atoms with Crippen LogP contribution in [0.1, 0.15) is 15.9 Å². The molecule has 2 rings (SSSR count). The number of amides is 1. The number of rotatable bonds is 7. The maximum atomic E-state index is 12.3. The number of anilines is 1. The molecule has 0 aliphatic heterocycles. The number of ether oxygens (including phenoxy) is 1. The van der Waals surface area contributed by atoms with Crippen molar-refractivity contribution in [1.82, 2.24) is 4.90 Å². The third-order valence-corrected chi connectivity index (χ3v) is 3.59. The lowest BCUT2D eigenvalue weighted by Crippen LogP contribution is -2.27. The summed E-state index contributed by atoms with van der Waals surface area (Å²) >= 11 is 0. The van der Waals surface area contributed by atoms with Crippen LogP contribution in [0.15, 0.2) is 48.5 Å². The number of likely N-dealkylation sites (N-methyl/N-ethyl adjacent to an activating group) is 1. The lowest BCUT2D eigenvalue weighted by atomic mass is 10.1. The smallest absolute Gasteiger partial charge is 0.341 e. The summed E-state index contributed by atoms with van der Waals surface area (Å²) in [5.74, 6) is -1.19. The Labute approximate surface area is 150 Å². The third kappa shape index (κ3) is 5.04. The number of non-ortho nitro benzene ring substituents is 1. The Morgan fingerprint density at radius 2 is 1.85 bits per heavy atom. The lowest BCUT2D eigenvalue weighted by Gasteiger charge is -2.13. The van der Waals surface area contributed by atoms with Crippen molar-refractivity contribution in [3.63, 3.8) is 0 Å². The van der Waals surface area contributed by atoms with Crippen molar-refractivity contribution in [3.05, 3.63) is 69.8 Å². The number of nitrogens with one attached hydrogen (secondary N) is 1. The maximum absolute atomic E-state index is 12.3. The van der Waals surface area contributed by atoms with Crippen LogP contribution < -0.4 is 5.32 Å². The first-order valence-corrected chi connectivity index (χ1v) is 7.82. The molecule has 0 saturated heterocycles. The average Bonchev–Trinajstić information content (AvgIpc) is 2.64. The highest BCUT2D eigenvalue weighted by molar-refractivity contribution is 5.97. The summed E-state index contributed by atoms with van der Waals surface area (Å²) < 4.78 is 4.99. The fraction of sp³-hybridized carbons (Fsp3) is 0.222. The van der Waals surface area contributed by atoms with Crippen molar-refractivity contribution >= 4 is 23.3 Å². The molecule has 0 aliphatic carbocycles. The van der Waals surface area contributed by atoms with Crippen molar-refractivity contribution in [2.24, 2.45) is 0 Å². The standard InChI is InChI=1S/C18H19N3O5/c1-20(2)17(22)12-26-18(23)15-10-14(21(24)25)8-9-16(15)19-11-13-6-4-3-5-7-13/h3-10,19H,11-12H2,1-2H3. The first kappa shape index (κ1) is 18.9. The van der Waals surface area contributed by atoms with E-state index in [0.29, 0.717) is 12.2 Å². The van der Waals surface area contributed by atoms with Gasteiger partial charge in [0.15, 0.2) is 6.61 Å². The second-order valence-electron chi connectivity index (χ2n) is 5.69. The minimum Gasteiger partial charge on any atom is -0.452 e. The zero-order valence-electron chi connectivity index (χ0n) is 14.5. The summed E-state index contributed by atoms with van der Waals surface area (Å²) in [6.07, 6.45) is 0. The van der Waals surface area contributed by atoms with E-state index in [2.05, 4.69) is 5.32 Å². The fourth-order valence-electron chi connectivity index (χ4n) is 2.10. The van der Waals surface area contributed by atoms with Crippen molar-refractivity contribution < 1.29 is 19.2 Å². The molecule has 0 atom stereocenters. The van der Waals surface area contributed by atoms with Gasteiger partial charge in [-0.3, -0.25) is 14.9 Å². The van der Waals surface area contributed by atoms with Gasteiger partial charge in [0.2, 0.25) is 0 Å². The van der Waals surface area contributed by atoms with Crippen LogP contribution in [0.5, 0.6) is 0 Å². The van der Waals surface area contributed by atoms with Crippen molar-refractivity contribution in [1.29, 1.82) is 0 Å². The zero-order chi connectivity index (χ0) is 19.1. The molecule has 0 radical (unpaired) electrons. The van der Waals surface area contributed by atoms with E-state index in [1.165, 1.54) is 31.1 Å². The Hall–Kier alpha value is -3.42. The predicted octanol–water partition coefficient (Wildman–Crippen LogP) is 2.45. The summed E-state index contributed by atoms with van der Waals surface area (Å²) in [5, 5.41) is 14.1. The lowest BCUT2D eigenvalue weighted by molar-refractivity contribution is -0.384. The molecule has 0 aliphatic rings. The largest absolute Gasteiger partial charge is 0.452 e. The Morgan fingerprint density at radius 1 is 1.15 bits per heavy atom. The Kier molecular flexibility index (Phi) is 6.26. The molecule has 26 heavy (non-hydrogen) atoms. The van der Waals surface area contributed by atoms with E-state index >= 15 is 0 Å². The van der Waals surface area contributed by atoms with Gasteiger partial charge in [0.1, 0.15) is 0 Å². The zero-order valence-corrected chi connectivity index (χ0v) is 14.5. The molecule has 0 unspecified atom stereocenters. The van der Waals surface area contributed by atoms with Gasteiger partial charge in [0.25, 0.3) is 11.6 Å². The number of carbonyl (C=O) groups is 2. The minimum absolute atomic E-state index is 0.00156. The van der Waals surface area contributed by atoms with Gasteiger partial charge in [-0.25, -0.2) is 4.79 Å². The molecular formula is C18H19N3O5. The van der Waals surface area contributed by atoms with E-state index in [0.717, 1.165) is 11.6 Å². The van der Waals surface area contributed by atoms with Gasteiger partial charge < -0.3 is 15.0 Å². The van der Waals surface area contributed by atoms with Gasteiger partial charge in [-0.1, -0.05) is 30.3 Å². The number of carbonyl (C=O) groups excluding carboxylic acids is 2. The minimum atomic E-state index is -0.806. The molecule has 2 aromatic carbocycles. The van der Waals surface area contributed by atoms with E-state index in [1.807, 2.05) is 30.3 Å². The van der Waals surface area contributed by atoms with E-state index in [-0.39, 0.29) is 17.2 Å². The van der Waals surface area contributed by atoms with Crippen LogP contribution in [-0.2, 0) is 16.1 Å². The van der Waals surface area contributed by atoms with E-state index in [9.17, 15) is 19.7 Å². The predicted molar refractivity (Wildman–Crippen MR) is 95.8 cm³/mol. The SMILES string of the molecule is CN(C)C(=O)COC(=O)c1cc([N+](=O)[O-])ccc1NCc1ccccc1. The summed E-state index contributed by atoms with van der Waals surface area (Å²) in [6.45, 7) is -0.0117. The number of esters is 1. The highest BCUT2D eigenvalue weighted by atomic mass is 16.6. The van der Waals surface area contributed by atoms with Crippen LogP contribution >= 0.6 is 0 Å². The van der Waals surface area contributed by atoms with Crippen LogP contribution in [0.2, 0.25) is 0 Å². The number of hydrogen-bond acceptors (Lipinski definition) is 6. The van der Waals surface area contributed by atoms with E-state index in [1.54, 1.807) is 0 Å². The van der Waals surface area contributed by atoms with Gasteiger partial charge in [0.05, 0.1) is 10.5 Å². The summed E-state index contributed by atoms with van der Waals surface area (Å²) in [6, 6.07) is 13.4. The van der Waals surface area contributed by atoms with Gasteiger partial charge in [-0.05, 0) is 11.6 Å². The van der Waals surface area contributed by atoms with Crippen molar-refractivity contribution in [3.8, 4) is 0 Å². The first-order chi connectivity index (χ1) is 12.4. The number of hydrogen-bond donors (Lipinski definition) is 1. The number of nitro benzene ring substituents is 1. The number of nitrogens with zero attached hydrogens (tertiary/aromatic N) is 2. The number of benzene rings is 2. The van der Waals surface area contributed by atoms with Crippen LogP contribution in [-0.4, -0.2) is 42.4 Å². The summed E-state index contributed by atoms with van der Waals surface area (Å²) in [7, 11) is 3.08. The Morgan fingerprint density at radius 3 is 2.46 bits per heavy atom. The molecule has 0 aromatic heterocycles. The molecule has 0 spiro atoms. The van der Waals surface area contributed by atoms with Crippen LogP contribution in [0.25, 0.3) is 0 Å². The molecule has 0 fully saturated rings. The molecular weight excluding hydrogens is 338 g/mol. The van der Waals surface area contributed by atoms with Gasteiger partial charge in [0, 0.05) is 38.5 Å². The molecule has 2 aromatic rings. The summed E-state index contributed by atoms with van der Waals surface area (Å²) in [4.78, 5) is 35.6.